The van der Waals surface area contributed by atoms with Crippen LogP contribution in [-0.2, 0) is 4.79 Å². The maximum atomic E-state index is 11.9. The summed E-state index contributed by atoms with van der Waals surface area (Å²) < 4.78 is 5.70. The van der Waals surface area contributed by atoms with Crippen LogP contribution in [0, 0.1) is 0 Å². The molecule has 2 atom stereocenters. The maximum absolute atomic E-state index is 11.9. The van der Waals surface area contributed by atoms with Crippen molar-refractivity contribution in [3.8, 4) is 5.75 Å². The van der Waals surface area contributed by atoms with Crippen molar-refractivity contribution in [3.63, 3.8) is 0 Å². The van der Waals surface area contributed by atoms with Crippen LogP contribution in [-0.4, -0.2) is 31.1 Å². The first-order valence-electron chi connectivity index (χ1n) is 7.63. The van der Waals surface area contributed by atoms with Gasteiger partial charge in [-0.3, -0.25) is 10.2 Å². The number of amides is 1. The number of rotatable bonds is 5. The SMILES string of the molecule is CC1CC(C(=O)NCCOc2ccc3ccccc3c2)NN1. The quantitative estimate of drug-likeness (QED) is 0.734. The summed E-state index contributed by atoms with van der Waals surface area (Å²) in [6.07, 6.45) is 0.803. The molecular weight excluding hydrogens is 278 g/mol. The van der Waals surface area contributed by atoms with E-state index in [-0.39, 0.29) is 11.9 Å². The van der Waals surface area contributed by atoms with E-state index in [1.807, 2.05) is 37.3 Å². The van der Waals surface area contributed by atoms with Crippen molar-refractivity contribution in [2.45, 2.75) is 25.4 Å². The van der Waals surface area contributed by atoms with Gasteiger partial charge in [0.15, 0.2) is 0 Å². The molecular formula is C17H21N3O2. The van der Waals surface area contributed by atoms with Gasteiger partial charge in [0.2, 0.25) is 5.91 Å². The summed E-state index contributed by atoms with van der Waals surface area (Å²) in [5.74, 6) is 0.834. The molecule has 1 amide bonds. The molecule has 116 valence electrons. The molecule has 0 aliphatic carbocycles. The van der Waals surface area contributed by atoms with Crippen LogP contribution in [0.3, 0.4) is 0 Å². The summed E-state index contributed by atoms with van der Waals surface area (Å²) in [5.41, 5.74) is 6.02. The Morgan fingerprint density at radius 3 is 2.82 bits per heavy atom. The second kappa shape index (κ2) is 6.77. The fraction of sp³-hybridized carbons (Fsp3) is 0.353. The van der Waals surface area contributed by atoms with E-state index < -0.39 is 0 Å². The molecule has 2 aromatic carbocycles. The van der Waals surface area contributed by atoms with E-state index in [1.54, 1.807) is 0 Å². The fourth-order valence-corrected chi connectivity index (χ4v) is 2.61. The Morgan fingerprint density at radius 1 is 1.23 bits per heavy atom. The van der Waals surface area contributed by atoms with Gasteiger partial charge < -0.3 is 10.1 Å². The zero-order chi connectivity index (χ0) is 15.4. The van der Waals surface area contributed by atoms with Crippen molar-refractivity contribution in [2.24, 2.45) is 0 Å². The third-order valence-corrected chi connectivity index (χ3v) is 3.80. The van der Waals surface area contributed by atoms with E-state index in [2.05, 4.69) is 28.3 Å². The number of hydrogen-bond donors (Lipinski definition) is 3. The van der Waals surface area contributed by atoms with Crippen LogP contribution < -0.4 is 20.9 Å². The van der Waals surface area contributed by atoms with Crippen molar-refractivity contribution >= 4 is 16.7 Å². The van der Waals surface area contributed by atoms with E-state index in [9.17, 15) is 4.79 Å². The highest BCUT2D eigenvalue weighted by atomic mass is 16.5. The van der Waals surface area contributed by atoms with Gasteiger partial charge in [0, 0.05) is 6.04 Å². The fourth-order valence-electron chi connectivity index (χ4n) is 2.61. The topological polar surface area (TPSA) is 62.4 Å². The lowest BCUT2D eigenvalue weighted by Gasteiger charge is -2.11. The third kappa shape index (κ3) is 3.55. The summed E-state index contributed by atoms with van der Waals surface area (Å²) in [6, 6.07) is 14.3. The smallest absolute Gasteiger partial charge is 0.238 e. The Bertz CT molecular complexity index is 659. The van der Waals surface area contributed by atoms with Crippen LogP contribution in [0.1, 0.15) is 13.3 Å². The number of benzene rings is 2. The Kier molecular flexibility index (Phi) is 4.56. The van der Waals surface area contributed by atoms with Crippen molar-refractivity contribution in [1.82, 2.24) is 16.2 Å². The minimum atomic E-state index is -0.157. The molecule has 3 rings (SSSR count). The summed E-state index contributed by atoms with van der Waals surface area (Å²) >= 11 is 0. The molecule has 22 heavy (non-hydrogen) atoms. The van der Waals surface area contributed by atoms with E-state index in [1.165, 1.54) is 5.39 Å². The van der Waals surface area contributed by atoms with Crippen LogP contribution >= 0.6 is 0 Å². The highest BCUT2D eigenvalue weighted by molar-refractivity contribution is 5.83. The highest BCUT2D eigenvalue weighted by Gasteiger charge is 2.25. The van der Waals surface area contributed by atoms with Gasteiger partial charge >= 0.3 is 0 Å². The number of nitrogens with one attached hydrogen (secondary N) is 3. The lowest BCUT2D eigenvalue weighted by atomic mass is 10.1. The molecule has 2 unspecified atom stereocenters. The lowest BCUT2D eigenvalue weighted by Crippen LogP contribution is -2.44. The molecule has 0 saturated carbocycles. The number of ether oxygens (including phenoxy) is 1. The molecule has 5 heteroatoms. The Balaban J connectivity index is 1.45. The highest BCUT2D eigenvalue weighted by Crippen LogP contribution is 2.20. The number of carbonyl (C=O) groups excluding carboxylic acids is 1. The zero-order valence-electron chi connectivity index (χ0n) is 12.6. The number of hydrogen-bond acceptors (Lipinski definition) is 4. The molecule has 0 radical (unpaired) electrons. The largest absolute Gasteiger partial charge is 0.492 e. The van der Waals surface area contributed by atoms with Crippen LogP contribution in [0.15, 0.2) is 42.5 Å². The summed E-state index contributed by atoms with van der Waals surface area (Å²) in [6.45, 7) is 3.00. The molecule has 3 N–H and O–H groups in total. The average Bonchev–Trinajstić information content (AvgIpc) is 2.98. The molecule has 1 saturated heterocycles. The van der Waals surface area contributed by atoms with Crippen molar-refractivity contribution in [3.05, 3.63) is 42.5 Å². The van der Waals surface area contributed by atoms with E-state index in [0.717, 1.165) is 17.6 Å². The summed E-state index contributed by atoms with van der Waals surface area (Å²) in [5, 5.41) is 5.23. The molecule has 5 nitrogen and oxygen atoms in total. The standard InChI is InChI=1S/C17H21N3O2/c1-12-10-16(20-19-12)17(21)18-8-9-22-15-7-6-13-4-2-3-5-14(13)11-15/h2-7,11-12,16,19-20H,8-10H2,1H3,(H,18,21). The number of hydrazine groups is 1. The van der Waals surface area contributed by atoms with Crippen LogP contribution in [0.4, 0.5) is 0 Å². The predicted molar refractivity (Wildman–Crippen MR) is 86.6 cm³/mol. The third-order valence-electron chi connectivity index (χ3n) is 3.80. The van der Waals surface area contributed by atoms with Crippen LogP contribution in [0.2, 0.25) is 0 Å². The molecule has 1 aliphatic heterocycles. The summed E-state index contributed by atoms with van der Waals surface area (Å²) in [4.78, 5) is 11.9. The van der Waals surface area contributed by atoms with Crippen molar-refractivity contribution in [2.75, 3.05) is 13.2 Å². The molecule has 1 heterocycles. The van der Waals surface area contributed by atoms with Gasteiger partial charge in [-0.2, -0.15) is 0 Å². The maximum Gasteiger partial charge on any atom is 0.238 e. The second-order valence-corrected chi connectivity index (χ2v) is 5.63. The summed E-state index contributed by atoms with van der Waals surface area (Å²) in [7, 11) is 0. The van der Waals surface area contributed by atoms with Gasteiger partial charge in [0.05, 0.1) is 6.54 Å². The Morgan fingerprint density at radius 2 is 2.05 bits per heavy atom. The first-order valence-corrected chi connectivity index (χ1v) is 7.63. The van der Waals surface area contributed by atoms with Gasteiger partial charge in [-0.15, -0.1) is 0 Å². The average molecular weight is 299 g/mol. The normalized spacial score (nSPS) is 21.0. The van der Waals surface area contributed by atoms with E-state index >= 15 is 0 Å². The molecule has 0 bridgehead atoms. The van der Waals surface area contributed by atoms with Crippen LogP contribution in [0.5, 0.6) is 5.75 Å². The van der Waals surface area contributed by atoms with Crippen molar-refractivity contribution in [1.29, 1.82) is 0 Å². The van der Waals surface area contributed by atoms with Gasteiger partial charge in [-0.25, -0.2) is 5.43 Å². The Labute approximate surface area is 130 Å². The van der Waals surface area contributed by atoms with Gasteiger partial charge in [-0.1, -0.05) is 30.3 Å². The minimum absolute atomic E-state index is 0.0129. The predicted octanol–water partition coefficient (Wildman–Crippen LogP) is 1.59. The number of fused-ring (bicyclic) bond motifs is 1. The van der Waals surface area contributed by atoms with Crippen LogP contribution in [0.25, 0.3) is 10.8 Å². The lowest BCUT2D eigenvalue weighted by molar-refractivity contribution is -0.123. The van der Waals surface area contributed by atoms with E-state index in [4.69, 9.17) is 4.74 Å². The van der Waals surface area contributed by atoms with Gasteiger partial charge in [0.1, 0.15) is 18.4 Å². The van der Waals surface area contributed by atoms with E-state index in [0.29, 0.717) is 19.2 Å². The monoisotopic (exact) mass is 299 g/mol. The minimum Gasteiger partial charge on any atom is -0.492 e. The molecule has 1 fully saturated rings. The molecule has 0 aromatic heterocycles. The number of carbonyl (C=O) groups is 1. The van der Waals surface area contributed by atoms with Crippen molar-refractivity contribution < 1.29 is 9.53 Å². The second-order valence-electron chi connectivity index (χ2n) is 5.63. The molecule has 0 spiro atoms. The molecule has 2 aromatic rings. The van der Waals surface area contributed by atoms with Gasteiger partial charge in [0.25, 0.3) is 0 Å². The van der Waals surface area contributed by atoms with Gasteiger partial charge in [-0.05, 0) is 36.2 Å². The zero-order valence-corrected chi connectivity index (χ0v) is 12.6. The first kappa shape index (κ1) is 14.8. The first-order chi connectivity index (χ1) is 10.7. The Hall–Kier alpha value is -2.11. The molecule has 1 aliphatic rings.